The summed E-state index contributed by atoms with van der Waals surface area (Å²) in [5.74, 6) is -0.242. The Labute approximate surface area is 224 Å². The van der Waals surface area contributed by atoms with Gasteiger partial charge >= 0.3 is 6.09 Å². The second-order valence-electron chi connectivity index (χ2n) is 12.0. The van der Waals surface area contributed by atoms with Gasteiger partial charge in [-0.25, -0.2) is 4.79 Å². The van der Waals surface area contributed by atoms with E-state index in [-0.39, 0.29) is 29.8 Å². The Balaban J connectivity index is 2.54. The van der Waals surface area contributed by atoms with Gasteiger partial charge in [0, 0.05) is 12.1 Å². The SMILES string of the molecule is CCCC(C)NC(=O)C(c1cccc(C)c1C)N(C(=O)C(CC(C)C)NC(=O)OC(C)(C)C)C1CCC1. The molecule has 37 heavy (non-hydrogen) atoms. The molecule has 0 bridgehead atoms. The zero-order valence-corrected chi connectivity index (χ0v) is 24.4. The number of alkyl carbamates (subject to hydrolysis) is 1. The van der Waals surface area contributed by atoms with Gasteiger partial charge in [-0.3, -0.25) is 9.59 Å². The standard InChI is InChI=1S/C30H49N3O4/c1-10-13-21(5)31-27(34)26(24-17-11-14-20(4)22(24)6)33(23-15-12-16-23)28(35)25(18-19(2)3)32-29(36)37-30(7,8)9/h11,14,17,19,21,23,25-26H,10,12-13,15-16,18H2,1-9H3,(H,31,34)(H,32,36). The maximum atomic E-state index is 14.3. The lowest BCUT2D eigenvalue weighted by Crippen LogP contribution is -2.58. The lowest BCUT2D eigenvalue weighted by molar-refractivity contribution is -0.148. The van der Waals surface area contributed by atoms with E-state index >= 15 is 0 Å². The molecule has 1 aliphatic rings. The quantitative estimate of drug-likeness (QED) is 0.380. The van der Waals surface area contributed by atoms with Crippen molar-refractivity contribution in [3.05, 3.63) is 34.9 Å². The second-order valence-corrected chi connectivity index (χ2v) is 12.0. The molecule has 1 saturated carbocycles. The molecule has 7 nitrogen and oxygen atoms in total. The minimum atomic E-state index is -0.788. The number of rotatable bonds is 11. The van der Waals surface area contributed by atoms with Gasteiger partial charge in [-0.05, 0) is 96.3 Å². The van der Waals surface area contributed by atoms with Crippen molar-refractivity contribution in [1.82, 2.24) is 15.5 Å². The van der Waals surface area contributed by atoms with Gasteiger partial charge in [0.05, 0.1) is 0 Å². The van der Waals surface area contributed by atoms with E-state index in [1.165, 1.54) is 0 Å². The minimum absolute atomic E-state index is 0.00481. The van der Waals surface area contributed by atoms with Crippen LogP contribution >= 0.6 is 0 Å². The van der Waals surface area contributed by atoms with E-state index in [4.69, 9.17) is 4.74 Å². The lowest BCUT2D eigenvalue weighted by atomic mass is 9.86. The molecule has 0 aliphatic heterocycles. The van der Waals surface area contributed by atoms with E-state index in [9.17, 15) is 14.4 Å². The van der Waals surface area contributed by atoms with Crippen molar-refractivity contribution in [2.45, 2.75) is 131 Å². The first-order valence-electron chi connectivity index (χ1n) is 13.9. The molecular formula is C30H49N3O4. The van der Waals surface area contributed by atoms with Crippen LogP contribution in [0, 0.1) is 19.8 Å². The van der Waals surface area contributed by atoms with Gasteiger partial charge < -0.3 is 20.3 Å². The van der Waals surface area contributed by atoms with Gasteiger partial charge in [-0.15, -0.1) is 0 Å². The van der Waals surface area contributed by atoms with Crippen molar-refractivity contribution in [2.75, 3.05) is 0 Å². The van der Waals surface area contributed by atoms with Gasteiger partial charge in [0.15, 0.2) is 0 Å². The van der Waals surface area contributed by atoms with E-state index in [2.05, 4.69) is 17.6 Å². The number of nitrogens with zero attached hydrogens (tertiary/aromatic N) is 1. The fourth-order valence-corrected chi connectivity index (χ4v) is 4.82. The molecular weight excluding hydrogens is 466 g/mol. The highest BCUT2D eigenvalue weighted by Gasteiger charge is 2.42. The van der Waals surface area contributed by atoms with Crippen molar-refractivity contribution in [3.8, 4) is 0 Å². The molecule has 3 atom stereocenters. The molecule has 2 N–H and O–H groups in total. The third-order valence-corrected chi connectivity index (χ3v) is 7.00. The molecule has 208 valence electrons. The summed E-state index contributed by atoms with van der Waals surface area (Å²) < 4.78 is 5.49. The Bertz CT molecular complexity index is 933. The normalized spacial score (nSPS) is 16.4. The van der Waals surface area contributed by atoms with Crippen LogP contribution in [0.25, 0.3) is 0 Å². The predicted molar refractivity (Wildman–Crippen MR) is 148 cm³/mol. The van der Waals surface area contributed by atoms with Gasteiger partial charge in [0.1, 0.15) is 17.7 Å². The molecule has 1 aromatic carbocycles. The first-order valence-corrected chi connectivity index (χ1v) is 13.9. The van der Waals surface area contributed by atoms with Crippen LogP contribution in [-0.4, -0.2) is 46.5 Å². The highest BCUT2D eigenvalue weighted by atomic mass is 16.6. The van der Waals surface area contributed by atoms with Crippen LogP contribution in [0.1, 0.15) is 110 Å². The van der Waals surface area contributed by atoms with Crippen LogP contribution in [0.15, 0.2) is 18.2 Å². The van der Waals surface area contributed by atoms with E-state index in [1.807, 2.05) is 52.8 Å². The highest BCUT2D eigenvalue weighted by Crippen LogP contribution is 2.36. The molecule has 1 aromatic rings. The smallest absolute Gasteiger partial charge is 0.408 e. The summed E-state index contributed by atoms with van der Waals surface area (Å²) in [4.78, 5) is 42.7. The van der Waals surface area contributed by atoms with E-state index in [0.717, 1.165) is 48.8 Å². The average molecular weight is 516 g/mol. The summed E-state index contributed by atoms with van der Waals surface area (Å²) in [6, 6.07) is 4.30. The molecule has 3 amide bonds. The Hall–Kier alpha value is -2.57. The Morgan fingerprint density at radius 3 is 2.24 bits per heavy atom. The molecule has 0 radical (unpaired) electrons. The third kappa shape index (κ3) is 8.75. The number of nitrogens with one attached hydrogen (secondary N) is 2. The van der Waals surface area contributed by atoms with Crippen LogP contribution in [0.2, 0.25) is 0 Å². The molecule has 3 unspecified atom stereocenters. The van der Waals surface area contributed by atoms with Crippen LogP contribution in [0.4, 0.5) is 4.79 Å². The van der Waals surface area contributed by atoms with Crippen molar-refractivity contribution in [2.24, 2.45) is 5.92 Å². The molecule has 2 rings (SSSR count). The first-order chi connectivity index (χ1) is 17.2. The monoisotopic (exact) mass is 515 g/mol. The zero-order chi connectivity index (χ0) is 27.9. The molecule has 1 fully saturated rings. The summed E-state index contributed by atoms with van der Waals surface area (Å²) in [7, 11) is 0. The summed E-state index contributed by atoms with van der Waals surface area (Å²) in [5.41, 5.74) is 2.23. The van der Waals surface area contributed by atoms with E-state index < -0.39 is 23.8 Å². The van der Waals surface area contributed by atoms with Crippen LogP contribution in [0.3, 0.4) is 0 Å². The molecule has 0 heterocycles. The van der Waals surface area contributed by atoms with Gasteiger partial charge in [-0.1, -0.05) is 45.4 Å². The van der Waals surface area contributed by atoms with Crippen molar-refractivity contribution in [3.63, 3.8) is 0 Å². The maximum absolute atomic E-state index is 14.3. The summed E-state index contributed by atoms with van der Waals surface area (Å²) in [6.07, 6.45) is 4.34. The molecule has 0 saturated heterocycles. The predicted octanol–water partition coefficient (Wildman–Crippen LogP) is 5.97. The Kier molecular flexibility index (Phi) is 11.0. The fourth-order valence-electron chi connectivity index (χ4n) is 4.82. The average Bonchev–Trinajstić information content (AvgIpc) is 2.72. The van der Waals surface area contributed by atoms with Gasteiger partial charge in [0.25, 0.3) is 0 Å². The summed E-state index contributed by atoms with van der Waals surface area (Å²) in [6.45, 7) is 17.6. The number of ether oxygens (including phenoxy) is 1. The fraction of sp³-hybridized carbons (Fsp3) is 0.700. The number of carbonyl (C=O) groups excluding carboxylic acids is 3. The number of benzene rings is 1. The number of aryl methyl sites for hydroxylation is 1. The van der Waals surface area contributed by atoms with Crippen LogP contribution in [0.5, 0.6) is 0 Å². The van der Waals surface area contributed by atoms with Crippen molar-refractivity contribution < 1.29 is 19.1 Å². The van der Waals surface area contributed by atoms with Crippen molar-refractivity contribution in [1.29, 1.82) is 0 Å². The summed E-state index contributed by atoms with van der Waals surface area (Å²) in [5, 5.41) is 6.01. The Morgan fingerprint density at radius 1 is 1.08 bits per heavy atom. The number of hydrogen-bond acceptors (Lipinski definition) is 4. The lowest BCUT2D eigenvalue weighted by Gasteiger charge is -2.44. The highest BCUT2D eigenvalue weighted by molar-refractivity contribution is 5.92. The van der Waals surface area contributed by atoms with Gasteiger partial charge in [0.2, 0.25) is 11.8 Å². The second kappa shape index (κ2) is 13.3. The topological polar surface area (TPSA) is 87.7 Å². The van der Waals surface area contributed by atoms with Crippen LogP contribution < -0.4 is 10.6 Å². The third-order valence-electron chi connectivity index (χ3n) is 7.00. The molecule has 0 aromatic heterocycles. The molecule has 0 spiro atoms. The molecule has 7 heteroatoms. The van der Waals surface area contributed by atoms with Gasteiger partial charge in [-0.2, -0.15) is 0 Å². The van der Waals surface area contributed by atoms with E-state index in [0.29, 0.717) is 6.42 Å². The minimum Gasteiger partial charge on any atom is -0.444 e. The van der Waals surface area contributed by atoms with E-state index in [1.54, 1.807) is 25.7 Å². The van der Waals surface area contributed by atoms with Crippen LogP contribution in [-0.2, 0) is 14.3 Å². The number of amides is 3. The largest absolute Gasteiger partial charge is 0.444 e. The molecule has 1 aliphatic carbocycles. The summed E-state index contributed by atoms with van der Waals surface area (Å²) >= 11 is 0. The zero-order valence-electron chi connectivity index (χ0n) is 24.4. The first kappa shape index (κ1) is 30.7. The maximum Gasteiger partial charge on any atom is 0.408 e. The Morgan fingerprint density at radius 2 is 1.73 bits per heavy atom. The number of hydrogen-bond donors (Lipinski definition) is 2. The number of carbonyl (C=O) groups is 3. The van der Waals surface area contributed by atoms with Crippen molar-refractivity contribution >= 4 is 17.9 Å².